The molecule has 1 aliphatic rings. The van der Waals surface area contributed by atoms with Crippen molar-refractivity contribution in [3.63, 3.8) is 0 Å². The van der Waals surface area contributed by atoms with Crippen LogP contribution < -0.4 is 0 Å². The third-order valence-corrected chi connectivity index (χ3v) is 2.18. The number of alkyl halides is 1. The van der Waals surface area contributed by atoms with Crippen LogP contribution in [0.2, 0.25) is 0 Å². The third kappa shape index (κ3) is 2.90. The van der Waals surface area contributed by atoms with Gasteiger partial charge in [-0.15, -0.1) is 0 Å². The monoisotopic (exact) mass is 206 g/mol. The summed E-state index contributed by atoms with van der Waals surface area (Å²) in [6.07, 6.45) is 0.238. The van der Waals surface area contributed by atoms with E-state index in [0.29, 0.717) is 19.8 Å². The number of hydrogen-bond acceptors (Lipinski definition) is 3. The van der Waals surface area contributed by atoms with Crippen LogP contribution in [0.3, 0.4) is 0 Å². The maximum absolute atomic E-state index is 13.7. The highest BCUT2D eigenvalue weighted by Crippen LogP contribution is 2.33. The van der Waals surface area contributed by atoms with Crippen LogP contribution in [0.5, 0.6) is 0 Å². The predicted octanol–water partition coefficient (Wildman–Crippen LogP) is 1.90. The molecule has 1 atom stereocenters. The summed E-state index contributed by atoms with van der Waals surface area (Å²) in [5, 5.41) is 0. The van der Waals surface area contributed by atoms with Crippen molar-refractivity contribution in [2.24, 2.45) is 0 Å². The molecule has 14 heavy (non-hydrogen) atoms. The lowest BCUT2D eigenvalue weighted by molar-refractivity contribution is -0.298. The van der Waals surface area contributed by atoms with Gasteiger partial charge >= 0.3 is 0 Å². The molecule has 0 amide bonds. The van der Waals surface area contributed by atoms with Gasteiger partial charge in [0.1, 0.15) is 12.3 Å². The minimum Gasteiger partial charge on any atom is -0.373 e. The molecule has 1 fully saturated rings. The first kappa shape index (κ1) is 11.9. The molecule has 1 aliphatic heterocycles. The van der Waals surface area contributed by atoms with Gasteiger partial charge in [0.2, 0.25) is 0 Å². The lowest BCUT2D eigenvalue weighted by atomic mass is 9.96. The van der Waals surface area contributed by atoms with E-state index in [1.807, 2.05) is 13.8 Å². The highest BCUT2D eigenvalue weighted by atomic mass is 19.1. The molecule has 4 heteroatoms. The van der Waals surface area contributed by atoms with E-state index in [4.69, 9.17) is 14.2 Å². The Bertz CT molecular complexity index is 171. The summed E-state index contributed by atoms with van der Waals surface area (Å²) in [5.41, 5.74) is -1.36. The Morgan fingerprint density at radius 2 is 1.79 bits per heavy atom. The summed E-state index contributed by atoms with van der Waals surface area (Å²) >= 11 is 0. The van der Waals surface area contributed by atoms with Gasteiger partial charge < -0.3 is 14.2 Å². The van der Waals surface area contributed by atoms with Crippen molar-refractivity contribution in [3.8, 4) is 0 Å². The Morgan fingerprint density at radius 3 is 2.21 bits per heavy atom. The van der Waals surface area contributed by atoms with Crippen LogP contribution in [-0.2, 0) is 14.2 Å². The van der Waals surface area contributed by atoms with Crippen LogP contribution in [-0.4, -0.2) is 37.9 Å². The molecule has 1 saturated heterocycles. The normalized spacial score (nSPS) is 31.7. The lowest BCUT2D eigenvalue weighted by Crippen LogP contribution is -2.52. The smallest absolute Gasteiger partial charge is 0.194 e. The lowest BCUT2D eigenvalue weighted by Gasteiger charge is -2.41. The Hall–Kier alpha value is -0.190. The fourth-order valence-corrected chi connectivity index (χ4v) is 1.84. The zero-order valence-corrected chi connectivity index (χ0v) is 9.14. The van der Waals surface area contributed by atoms with Crippen molar-refractivity contribution >= 4 is 0 Å². The minimum atomic E-state index is -1.36. The zero-order chi connectivity index (χ0) is 10.7. The average Bonchev–Trinajstić information content (AvgIpc) is 2.02. The Morgan fingerprint density at radius 1 is 1.21 bits per heavy atom. The van der Waals surface area contributed by atoms with Gasteiger partial charge in [-0.25, -0.2) is 4.39 Å². The average molecular weight is 206 g/mol. The molecule has 0 bridgehead atoms. The highest BCUT2D eigenvalue weighted by Gasteiger charge is 2.45. The van der Waals surface area contributed by atoms with Crippen LogP contribution in [0.4, 0.5) is 4.39 Å². The van der Waals surface area contributed by atoms with E-state index in [-0.39, 0.29) is 13.0 Å². The van der Waals surface area contributed by atoms with Gasteiger partial charge in [0, 0.05) is 19.6 Å². The number of rotatable bonds is 4. The van der Waals surface area contributed by atoms with Gasteiger partial charge in [0.25, 0.3) is 0 Å². The number of ether oxygens (including phenoxy) is 3. The van der Waals surface area contributed by atoms with Gasteiger partial charge in [-0.3, -0.25) is 0 Å². The van der Waals surface area contributed by atoms with Crippen LogP contribution >= 0.6 is 0 Å². The molecule has 0 N–H and O–H groups in total. The van der Waals surface area contributed by atoms with E-state index in [9.17, 15) is 4.39 Å². The molecule has 0 aromatic rings. The number of halogens is 1. The molecule has 0 aromatic heterocycles. The van der Waals surface area contributed by atoms with Crippen molar-refractivity contribution in [2.75, 3.05) is 26.4 Å². The SMILES string of the molecule is CCOC1(OCC)COCC(C)(F)C1. The van der Waals surface area contributed by atoms with Crippen LogP contribution in [0.25, 0.3) is 0 Å². The fourth-order valence-electron chi connectivity index (χ4n) is 1.84. The van der Waals surface area contributed by atoms with Crippen molar-refractivity contribution in [1.82, 2.24) is 0 Å². The maximum atomic E-state index is 13.7. The van der Waals surface area contributed by atoms with Crippen molar-refractivity contribution in [1.29, 1.82) is 0 Å². The minimum absolute atomic E-state index is 0.120. The molecule has 0 saturated carbocycles. The first-order valence-corrected chi connectivity index (χ1v) is 5.08. The van der Waals surface area contributed by atoms with Crippen molar-refractivity contribution in [3.05, 3.63) is 0 Å². The summed E-state index contributed by atoms with van der Waals surface area (Å²) in [4.78, 5) is 0. The van der Waals surface area contributed by atoms with Crippen LogP contribution in [0, 0.1) is 0 Å². The second-order valence-electron chi connectivity index (χ2n) is 3.86. The first-order valence-electron chi connectivity index (χ1n) is 5.08. The molecule has 1 unspecified atom stereocenters. The fraction of sp³-hybridized carbons (Fsp3) is 1.00. The summed E-state index contributed by atoms with van der Waals surface area (Å²) in [6.45, 7) is 6.68. The van der Waals surface area contributed by atoms with Gasteiger partial charge in [-0.05, 0) is 20.8 Å². The summed E-state index contributed by atoms with van der Waals surface area (Å²) in [6, 6.07) is 0. The molecule has 0 aromatic carbocycles. The van der Waals surface area contributed by atoms with E-state index in [2.05, 4.69) is 0 Å². The topological polar surface area (TPSA) is 27.7 Å². The molecule has 1 heterocycles. The Kier molecular flexibility index (Phi) is 3.86. The molecule has 0 spiro atoms. The summed E-state index contributed by atoms with van der Waals surface area (Å²) in [5.74, 6) is -0.884. The molecular weight excluding hydrogens is 187 g/mol. The van der Waals surface area contributed by atoms with E-state index in [0.717, 1.165) is 0 Å². The largest absolute Gasteiger partial charge is 0.373 e. The number of hydrogen-bond donors (Lipinski definition) is 0. The van der Waals surface area contributed by atoms with E-state index in [1.54, 1.807) is 0 Å². The molecule has 3 nitrogen and oxygen atoms in total. The van der Waals surface area contributed by atoms with Gasteiger partial charge in [0.15, 0.2) is 5.79 Å². The summed E-state index contributed by atoms with van der Waals surface area (Å²) in [7, 11) is 0. The van der Waals surface area contributed by atoms with E-state index < -0.39 is 11.5 Å². The van der Waals surface area contributed by atoms with Gasteiger partial charge in [-0.2, -0.15) is 0 Å². The highest BCUT2D eigenvalue weighted by molar-refractivity contribution is 4.87. The quantitative estimate of drug-likeness (QED) is 0.657. The van der Waals surface area contributed by atoms with Gasteiger partial charge in [-0.1, -0.05) is 0 Å². The van der Waals surface area contributed by atoms with E-state index in [1.165, 1.54) is 6.92 Å². The van der Waals surface area contributed by atoms with Crippen molar-refractivity contribution in [2.45, 2.75) is 38.6 Å². The summed E-state index contributed by atoms with van der Waals surface area (Å²) < 4.78 is 29.8. The first-order chi connectivity index (χ1) is 6.54. The Labute approximate surface area is 84.5 Å². The van der Waals surface area contributed by atoms with Crippen LogP contribution in [0.1, 0.15) is 27.2 Å². The van der Waals surface area contributed by atoms with Crippen molar-refractivity contribution < 1.29 is 18.6 Å². The third-order valence-electron chi connectivity index (χ3n) is 2.18. The molecule has 0 aliphatic carbocycles. The van der Waals surface area contributed by atoms with E-state index >= 15 is 0 Å². The zero-order valence-electron chi connectivity index (χ0n) is 9.14. The second-order valence-corrected chi connectivity index (χ2v) is 3.86. The second kappa shape index (κ2) is 4.55. The maximum Gasteiger partial charge on any atom is 0.194 e. The van der Waals surface area contributed by atoms with Gasteiger partial charge in [0.05, 0.1) is 6.61 Å². The Balaban J connectivity index is 2.65. The molecule has 1 rings (SSSR count). The predicted molar refractivity (Wildman–Crippen MR) is 50.9 cm³/mol. The molecule has 0 radical (unpaired) electrons. The van der Waals surface area contributed by atoms with Crippen LogP contribution in [0.15, 0.2) is 0 Å². The molecule has 84 valence electrons. The standard InChI is InChI=1S/C10H19FO3/c1-4-13-10(14-5-2)6-9(3,11)7-12-8-10/h4-8H2,1-3H3. The molecular formula is C10H19FO3.